The van der Waals surface area contributed by atoms with E-state index in [1.165, 1.54) is 36.5 Å². The molecule has 0 saturated carbocycles. The van der Waals surface area contributed by atoms with E-state index in [1.807, 2.05) is 6.92 Å². The summed E-state index contributed by atoms with van der Waals surface area (Å²) in [5, 5.41) is 4.25. The van der Waals surface area contributed by atoms with Gasteiger partial charge in [-0.05, 0) is 54.4 Å². The number of hydrogen-bond donors (Lipinski definition) is 1. The van der Waals surface area contributed by atoms with Crippen molar-refractivity contribution in [2.24, 2.45) is 5.10 Å². The highest BCUT2D eigenvalue weighted by molar-refractivity contribution is 7.89. The number of aryl methyl sites for hydroxylation is 1. The SMILES string of the molecule is Cc1ccc(S(=O)(=O)N(CC(=O)N/N=C\c2cccc(F)c2)Cc2cccc(Cl)c2)cc1. The molecule has 0 aliphatic heterocycles. The van der Waals surface area contributed by atoms with Crippen molar-refractivity contribution >= 4 is 33.7 Å². The van der Waals surface area contributed by atoms with Gasteiger partial charge in [-0.1, -0.05) is 53.6 Å². The number of amides is 1. The second kappa shape index (κ2) is 10.5. The molecule has 6 nitrogen and oxygen atoms in total. The maximum atomic E-state index is 13.2. The van der Waals surface area contributed by atoms with Crippen LogP contribution in [0.4, 0.5) is 4.39 Å². The number of nitrogens with zero attached hydrogens (tertiary/aromatic N) is 2. The standard InChI is InChI=1S/C23H21ClFN3O3S/c1-17-8-10-22(11-9-17)32(30,31)28(15-19-5-2-6-20(24)12-19)16-23(29)27-26-14-18-4-3-7-21(25)13-18/h2-14H,15-16H2,1H3,(H,27,29)/b26-14-. The van der Waals surface area contributed by atoms with Gasteiger partial charge in [0.1, 0.15) is 5.82 Å². The zero-order valence-electron chi connectivity index (χ0n) is 17.2. The van der Waals surface area contributed by atoms with E-state index in [9.17, 15) is 17.6 Å². The molecule has 3 aromatic carbocycles. The molecule has 0 atom stereocenters. The zero-order chi connectivity index (χ0) is 23.1. The number of sulfonamides is 1. The summed E-state index contributed by atoms with van der Waals surface area (Å²) >= 11 is 6.03. The molecule has 0 radical (unpaired) electrons. The number of benzene rings is 3. The van der Waals surface area contributed by atoms with Gasteiger partial charge in [0.25, 0.3) is 5.91 Å². The molecule has 0 fully saturated rings. The van der Waals surface area contributed by atoms with Crippen LogP contribution in [0.15, 0.2) is 82.8 Å². The fraction of sp³-hybridized carbons (Fsp3) is 0.130. The first-order valence-corrected chi connectivity index (χ1v) is 11.4. The van der Waals surface area contributed by atoms with Crippen LogP contribution in [0.5, 0.6) is 0 Å². The summed E-state index contributed by atoms with van der Waals surface area (Å²) < 4.78 is 40.8. The lowest BCUT2D eigenvalue weighted by Gasteiger charge is -2.21. The van der Waals surface area contributed by atoms with Gasteiger partial charge < -0.3 is 0 Å². The number of rotatable bonds is 8. The molecule has 0 aliphatic carbocycles. The van der Waals surface area contributed by atoms with Crippen LogP contribution in [0, 0.1) is 12.7 Å². The van der Waals surface area contributed by atoms with Crippen molar-refractivity contribution < 1.29 is 17.6 Å². The van der Waals surface area contributed by atoms with Crippen LogP contribution in [0.1, 0.15) is 16.7 Å². The lowest BCUT2D eigenvalue weighted by Crippen LogP contribution is -2.39. The molecular formula is C23H21ClFN3O3S. The van der Waals surface area contributed by atoms with E-state index in [4.69, 9.17) is 11.6 Å². The molecular weight excluding hydrogens is 453 g/mol. The van der Waals surface area contributed by atoms with Gasteiger partial charge in [0, 0.05) is 11.6 Å². The third kappa shape index (κ3) is 6.46. The fourth-order valence-electron chi connectivity index (χ4n) is 2.89. The highest BCUT2D eigenvalue weighted by Gasteiger charge is 2.27. The molecule has 32 heavy (non-hydrogen) atoms. The Balaban J connectivity index is 1.80. The van der Waals surface area contributed by atoms with Crippen LogP contribution in [0.2, 0.25) is 5.02 Å². The molecule has 0 unspecified atom stereocenters. The van der Waals surface area contributed by atoms with Gasteiger partial charge in [-0.2, -0.15) is 9.41 Å². The molecule has 1 N–H and O–H groups in total. The summed E-state index contributed by atoms with van der Waals surface area (Å²) in [7, 11) is -3.98. The van der Waals surface area contributed by atoms with Crippen molar-refractivity contribution in [2.75, 3.05) is 6.54 Å². The normalized spacial score (nSPS) is 11.8. The van der Waals surface area contributed by atoms with Gasteiger partial charge in [0.2, 0.25) is 10.0 Å². The highest BCUT2D eigenvalue weighted by atomic mass is 35.5. The van der Waals surface area contributed by atoms with E-state index in [-0.39, 0.29) is 11.4 Å². The van der Waals surface area contributed by atoms with E-state index in [0.29, 0.717) is 16.1 Å². The minimum Gasteiger partial charge on any atom is -0.272 e. The molecule has 3 aromatic rings. The Hall–Kier alpha value is -3.07. The molecule has 0 spiro atoms. The van der Waals surface area contributed by atoms with Crippen LogP contribution in [0.3, 0.4) is 0 Å². The summed E-state index contributed by atoms with van der Waals surface area (Å²) in [6.45, 7) is 1.32. The minimum absolute atomic E-state index is 0.0577. The van der Waals surface area contributed by atoms with Crippen molar-refractivity contribution in [3.05, 3.63) is 100 Å². The molecule has 1 amide bonds. The molecule has 0 aliphatic rings. The second-order valence-corrected chi connectivity index (χ2v) is 9.44. The third-order valence-electron chi connectivity index (χ3n) is 4.48. The summed E-state index contributed by atoms with van der Waals surface area (Å²) in [6.07, 6.45) is 1.27. The quantitative estimate of drug-likeness (QED) is 0.394. The largest absolute Gasteiger partial charge is 0.272 e. The van der Waals surface area contributed by atoms with Gasteiger partial charge in [-0.3, -0.25) is 4.79 Å². The van der Waals surface area contributed by atoms with Gasteiger partial charge >= 0.3 is 0 Å². The molecule has 0 heterocycles. The lowest BCUT2D eigenvalue weighted by molar-refractivity contribution is -0.121. The number of nitrogens with one attached hydrogen (secondary N) is 1. The molecule has 0 saturated heterocycles. The number of hydrogen-bond acceptors (Lipinski definition) is 4. The zero-order valence-corrected chi connectivity index (χ0v) is 18.8. The van der Waals surface area contributed by atoms with Crippen molar-refractivity contribution in [3.63, 3.8) is 0 Å². The van der Waals surface area contributed by atoms with Crippen molar-refractivity contribution in [3.8, 4) is 0 Å². The maximum Gasteiger partial charge on any atom is 0.255 e. The van der Waals surface area contributed by atoms with Gasteiger partial charge in [-0.15, -0.1) is 0 Å². The van der Waals surface area contributed by atoms with Crippen LogP contribution < -0.4 is 5.43 Å². The van der Waals surface area contributed by atoms with Gasteiger partial charge in [0.05, 0.1) is 17.7 Å². The van der Waals surface area contributed by atoms with Crippen molar-refractivity contribution in [2.45, 2.75) is 18.4 Å². The van der Waals surface area contributed by atoms with Crippen molar-refractivity contribution in [1.82, 2.24) is 9.73 Å². The van der Waals surface area contributed by atoms with E-state index in [2.05, 4.69) is 10.5 Å². The maximum absolute atomic E-state index is 13.2. The summed E-state index contributed by atoms with van der Waals surface area (Å²) in [6, 6.07) is 18.8. The Labute approximate surface area is 191 Å². The van der Waals surface area contributed by atoms with Gasteiger partial charge in [-0.25, -0.2) is 18.2 Å². The van der Waals surface area contributed by atoms with Crippen LogP contribution in [-0.4, -0.2) is 31.4 Å². The molecule has 0 bridgehead atoms. The van der Waals surface area contributed by atoms with Gasteiger partial charge in [0.15, 0.2) is 0 Å². The smallest absolute Gasteiger partial charge is 0.255 e. The molecule has 0 aromatic heterocycles. The highest BCUT2D eigenvalue weighted by Crippen LogP contribution is 2.20. The molecule has 166 valence electrons. The third-order valence-corrected chi connectivity index (χ3v) is 6.52. The van der Waals surface area contributed by atoms with Crippen LogP contribution >= 0.6 is 11.6 Å². The van der Waals surface area contributed by atoms with E-state index < -0.39 is 28.3 Å². The Morgan fingerprint density at radius 2 is 1.81 bits per heavy atom. The number of carbonyl (C=O) groups is 1. The predicted octanol–water partition coefficient (Wildman–Crippen LogP) is 4.13. The number of hydrazone groups is 1. The topological polar surface area (TPSA) is 78.8 Å². The minimum atomic E-state index is -3.98. The van der Waals surface area contributed by atoms with E-state index in [1.54, 1.807) is 42.5 Å². The summed E-state index contributed by atoms with van der Waals surface area (Å²) in [4.78, 5) is 12.5. The summed E-state index contributed by atoms with van der Waals surface area (Å²) in [5.41, 5.74) is 4.28. The summed E-state index contributed by atoms with van der Waals surface area (Å²) in [5.74, 6) is -1.08. The second-order valence-electron chi connectivity index (χ2n) is 7.06. The Kier molecular flexibility index (Phi) is 7.74. The number of halogens is 2. The van der Waals surface area contributed by atoms with Crippen LogP contribution in [-0.2, 0) is 21.4 Å². The first-order valence-electron chi connectivity index (χ1n) is 9.63. The van der Waals surface area contributed by atoms with E-state index in [0.717, 1.165) is 9.87 Å². The lowest BCUT2D eigenvalue weighted by atomic mass is 10.2. The fourth-order valence-corrected chi connectivity index (χ4v) is 4.48. The molecule has 9 heteroatoms. The first-order chi connectivity index (χ1) is 15.2. The average Bonchev–Trinajstić information content (AvgIpc) is 2.74. The Morgan fingerprint density at radius 1 is 1.09 bits per heavy atom. The van der Waals surface area contributed by atoms with Crippen LogP contribution in [0.25, 0.3) is 0 Å². The average molecular weight is 474 g/mol. The number of carbonyl (C=O) groups excluding carboxylic acids is 1. The van der Waals surface area contributed by atoms with E-state index >= 15 is 0 Å². The Morgan fingerprint density at radius 3 is 2.50 bits per heavy atom. The Bertz CT molecular complexity index is 1230. The van der Waals surface area contributed by atoms with Crippen molar-refractivity contribution in [1.29, 1.82) is 0 Å². The molecule has 3 rings (SSSR count). The first kappa shape index (κ1) is 23.6. The monoisotopic (exact) mass is 473 g/mol. The predicted molar refractivity (Wildman–Crippen MR) is 122 cm³/mol.